The third-order valence-electron chi connectivity index (χ3n) is 5.77. The molecule has 0 aromatic heterocycles. The maximum atomic E-state index is 12.9. The maximum Gasteiger partial charge on any atom is 0.347 e. The van der Waals surface area contributed by atoms with E-state index in [4.69, 9.17) is 4.74 Å². The molecule has 2 aromatic carbocycles. The lowest BCUT2D eigenvalue weighted by Gasteiger charge is -2.24. The van der Waals surface area contributed by atoms with Gasteiger partial charge in [0.1, 0.15) is 5.75 Å². The summed E-state index contributed by atoms with van der Waals surface area (Å²) in [5, 5.41) is 9.35. The zero-order valence-electron chi connectivity index (χ0n) is 21.6. The first-order chi connectivity index (χ1) is 16.0. The van der Waals surface area contributed by atoms with Crippen LogP contribution in [0.25, 0.3) is 6.08 Å². The first-order valence-electron chi connectivity index (χ1n) is 12.0. The van der Waals surface area contributed by atoms with Gasteiger partial charge in [-0.05, 0) is 112 Å². The van der Waals surface area contributed by atoms with Gasteiger partial charge in [0.25, 0.3) is 0 Å². The SMILES string of the molecule is CCCCCCSc1c(C)cc(C(=O)/C=C/c2cc(C)c(OC(C)(C)C(=O)O)c(C)c2)cc1C. The van der Waals surface area contributed by atoms with Gasteiger partial charge in [-0.15, -0.1) is 11.8 Å². The Bertz CT molecular complexity index is 1020. The van der Waals surface area contributed by atoms with Crippen molar-refractivity contribution in [1.82, 2.24) is 0 Å². The van der Waals surface area contributed by atoms with Gasteiger partial charge in [-0.1, -0.05) is 32.3 Å². The molecular formula is C29H38O4S. The van der Waals surface area contributed by atoms with E-state index < -0.39 is 11.6 Å². The third kappa shape index (κ3) is 7.49. The number of carbonyl (C=O) groups is 2. The molecule has 0 saturated heterocycles. The van der Waals surface area contributed by atoms with Crippen molar-refractivity contribution in [3.63, 3.8) is 0 Å². The molecule has 5 heteroatoms. The Morgan fingerprint density at radius 2 is 1.53 bits per heavy atom. The summed E-state index contributed by atoms with van der Waals surface area (Å²) in [7, 11) is 0. The normalized spacial score (nSPS) is 11.7. The van der Waals surface area contributed by atoms with E-state index in [0.717, 1.165) is 33.6 Å². The first kappa shape index (κ1) is 27.7. The molecule has 0 aliphatic heterocycles. The number of thioether (sulfide) groups is 1. The molecule has 2 aromatic rings. The van der Waals surface area contributed by atoms with Crippen molar-refractivity contribution in [3.8, 4) is 5.75 Å². The number of aliphatic carboxylic acids is 1. The van der Waals surface area contributed by atoms with Crippen LogP contribution in [0.1, 0.15) is 84.6 Å². The number of allylic oxidation sites excluding steroid dienone is 1. The van der Waals surface area contributed by atoms with Gasteiger partial charge >= 0.3 is 5.97 Å². The second-order valence-corrected chi connectivity index (χ2v) is 10.6. The highest BCUT2D eigenvalue weighted by molar-refractivity contribution is 7.99. The van der Waals surface area contributed by atoms with Crippen LogP contribution < -0.4 is 4.74 Å². The molecule has 0 aliphatic rings. The highest BCUT2D eigenvalue weighted by Crippen LogP contribution is 2.30. The molecular weight excluding hydrogens is 444 g/mol. The summed E-state index contributed by atoms with van der Waals surface area (Å²) in [4.78, 5) is 25.6. The van der Waals surface area contributed by atoms with Crippen LogP contribution in [0.3, 0.4) is 0 Å². The van der Waals surface area contributed by atoms with E-state index in [1.165, 1.54) is 44.4 Å². The summed E-state index contributed by atoms with van der Waals surface area (Å²) in [5.74, 6) is 0.613. The third-order valence-corrected chi connectivity index (χ3v) is 7.20. The van der Waals surface area contributed by atoms with Gasteiger partial charge in [0.2, 0.25) is 0 Å². The van der Waals surface area contributed by atoms with Crippen LogP contribution in [0.5, 0.6) is 5.75 Å². The predicted molar refractivity (Wildman–Crippen MR) is 142 cm³/mol. The quantitative estimate of drug-likeness (QED) is 0.145. The van der Waals surface area contributed by atoms with Crippen molar-refractivity contribution >= 4 is 29.6 Å². The minimum absolute atomic E-state index is 0.0339. The second-order valence-electron chi connectivity index (χ2n) is 9.45. The van der Waals surface area contributed by atoms with Crippen LogP contribution in [0.2, 0.25) is 0 Å². The van der Waals surface area contributed by atoms with Gasteiger partial charge < -0.3 is 9.84 Å². The Balaban J connectivity index is 2.14. The number of aryl methyl sites for hydroxylation is 4. The number of rotatable bonds is 12. The lowest BCUT2D eigenvalue weighted by Crippen LogP contribution is -2.38. The van der Waals surface area contributed by atoms with Crippen LogP contribution in [0, 0.1) is 27.7 Å². The molecule has 0 unspecified atom stereocenters. The Morgan fingerprint density at radius 3 is 2.06 bits per heavy atom. The summed E-state index contributed by atoms with van der Waals surface area (Å²) >= 11 is 1.89. The van der Waals surface area contributed by atoms with Gasteiger partial charge in [-0.3, -0.25) is 4.79 Å². The highest BCUT2D eigenvalue weighted by atomic mass is 32.2. The Kier molecular flexibility index (Phi) is 9.99. The van der Waals surface area contributed by atoms with Crippen molar-refractivity contribution < 1.29 is 19.4 Å². The fourth-order valence-corrected chi connectivity index (χ4v) is 4.96. The Morgan fingerprint density at radius 1 is 0.941 bits per heavy atom. The number of hydrogen-bond donors (Lipinski definition) is 1. The minimum atomic E-state index is -1.32. The van der Waals surface area contributed by atoms with Crippen molar-refractivity contribution in [2.24, 2.45) is 0 Å². The first-order valence-corrected chi connectivity index (χ1v) is 12.9. The topological polar surface area (TPSA) is 63.6 Å². The van der Waals surface area contributed by atoms with E-state index in [1.807, 2.05) is 49.9 Å². The number of ether oxygens (including phenoxy) is 1. The van der Waals surface area contributed by atoms with E-state index >= 15 is 0 Å². The van der Waals surface area contributed by atoms with Crippen LogP contribution >= 0.6 is 11.8 Å². The van der Waals surface area contributed by atoms with Crippen molar-refractivity contribution in [1.29, 1.82) is 0 Å². The van der Waals surface area contributed by atoms with E-state index in [9.17, 15) is 14.7 Å². The van der Waals surface area contributed by atoms with Gasteiger partial charge in [0, 0.05) is 10.5 Å². The molecule has 0 spiro atoms. The molecule has 0 saturated carbocycles. The van der Waals surface area contributed by atoms with Gasteiger partial charge in [0.05, 0.1) is 0 Å². The summed E-state index contributed by atoms with van der Waals surface area (Å²) in [6.45, 7) is 13.2. The fraction of sp³-hybridized carbons (Fsp3) is 0.448. The molecule has 184 valence electrons. The van der Waals surface area contributed by atoms with Crippen LogP contribution in [0.4, 0.5) is 0 Å². The summed E-state index contributed by atoms with van der Waals surface area (Å²) in [6.07, 6.45) is 8.42. The monoisotopic (exact) mass is 482 g/mol. The lowest BCUT2D eigenvalue weighted by atomic mass is 10.0. The smallest absolute Gasteiger partial charge is 0.347 e. The number of benzene rings is 2. The molecule has 1 N–H and O–H groups in total. The number of ketones is 1. The minimum Gasteiger partial charge on any atom is -0.478 e. The molecule has 0 fully saturated rings. The Hall–Kier alpha value is -2.53. The van der Waals surface area contributed by atoms with Crippen molar-refractivity contribution in [3.05, 3.63) is 63.7 Å². The number of unbranched alkanes of at least 4 members (excludes halogenated alkanes) is 3. The predicted octanol–water partition coefficient (Wildman–Crippen LogP) is 7.73. The average Bonchev–Trinajstić information content (AvgIpc) is 2.75. The summed E-state index contributed by atoms with van der Waals surface area (Å²) < 4.78 is 5.77. The van der Waals surface area contributed by atoms with Crippen molar-refractivity contribution in [2.45, 2.75) is 84.6 Å². The van der Waals surface area contributed by atoms with Crippen molar-refractivity contribution in [2.75, 3.05) is 5.75 Å². The number of carbonyl (C=O) groups excluding carboxylic acids is 1. The number of hydrogen-bond acceptors (Lipinski definition) is 4. The summed E-state index contributed by atoms with van der Waals surface area (Å²) in [5.41, 5.74) is 4.19. The van der Waals surface area contributed by atoms with Gasteiger partial charge in [-0.2, -0.15) is 0 Å². The second kappa shape index (κ2) is 12.3. The highest BCUT2D eigenvalue weighted by Gasteiger charge is 2.30. The van der Waals surface area contributed by atoms with E-state index in [-0.39, 0.29) is 5.78 Å². The van der Waals surface area contributed by atoms with Gasteiger partial charge in [-0.25, -0.2) is 4.79 Å². The molecule has 4 nitrogen and oxygen atoms in total. The Labute approximate surface area is 208 Å². The number of carboxylic acids is 1. The molecule has 0 radical (unpaired) electrons. The average molecular weight is 483 g/mol. The molecule has 2 rings (SSSR count). The zero-order valence-corrected chi connectivity index (χ0v) is 22.4. The standard InChI is InChI=1S/C29H38O4S/c1-8-9-10-11-14-34-27-21(4)17-24(18-22(27)5)25(30)13-12-23-15-19(2)26(20(3)16-23)33-29(6,7)28(31)32/h12-13,15-18H,8-11,14H2,1-7H3,(H,31,32)/b13-12+. The molecule has 34 heavy (non-hydrogen) atoms. The van der Waals surface area contributed by atoms with E-state index in [0.29, 0.717) is 11.3 Å². The fourth-order valence-electron chi connectivity index (χ4n) is 3.83. The lowest BCUT2D eigenvalue weighted by molar-refractivity contribution is -0.152. The van der Waals surface area contributed by atoms with Crippen LogP contribution in [-0.4, -0.2) is 28.2 Å². The molecule has 0 aliphatic carbocycles. The van der Waals surface area contributed by atoms with E-state index in [1.54, 1.807) is 12.2 Å². The van der Waals surface area contributed by atoms with E-state index in [2.05, 4.69) is 20.8 Å². The molecule has 0 amide bonds. The largest absolute Gasteiger partial charge is 0.478 e. The zero-order chi connectivity index (χ0) is 25.5. The molecule has 0 bridgehead atoms. The summed E-state index contributed by atoms with van der Waals surface area (Å²) in [6, 6.07) is 7.77. The number of carboxylic acid groups (broad SMARTS) is 1. The van der Waals surface area contributed by atoms with Crippen LogP contribution in [0.15, 0.2) is 35.2 Å². The van der Waals surface area contributed by atoms with Crippen LogP contribution in [-0.2, 0) is 4.79 Å². The molecule has 0 atom stereocenters. The maximum absolute atomic E-state index is 12.9. The molecule has 0 heterocycles. The van der Waals surface area contributed by atoms with Gasteiger partial charge in [0.15, 0.2) is 11.4 Å².